The van der Waals surface area contributed by atoms with Crippen LogP contribution in [0.3, 0.4) is 0 Å². The average Bonchev–Trinajstić information content (AvgIpc) is 3.28. The van der Waals surface area contributed by atoms with Crippen LogP contribution in [-0.4, -0.2) is 43.0 Å². The second-order valence-electron chi connectivity index (χ2n) is 9.81. The number of hydrogen-bond acceptors (Lipinski definition) is 6. The van der Waals surface area contributed by atoms with Gasteiger partial charge in [0.05, 0.1) is 23.4 Å². The Hall–Kier alpha value is -4.36. The summed E-state index contributed by atoms with van der Waals surface area (Å²) in [5, 5.41) is 22.9. The highest BCUT2D eigenvalue weighted by Gasteiger charge is 2.35. The molecule has 1 aliphatic rings. The fraction of sp³-hybridized carbons (Fsp3) is 0.345. The van der Waals surface area contributed by atoms with Crippen LogP contribution >= 0.6 is 0 Å². The largest absolute Gasteiger partial charge is 0.480 e. The highest BCUT2D eigenvalue weighted by Crippen LogP contribution is 2.35. The molecule has 1 aliphatic carbocycles. The fourth-order valence-corrected chi connectivity index (χ4v) is 5.18. The summed E-state index contributed by atoms with van der Waals surface area (Å²) in [7, 11) is 0. The number of carbonyl (C=O) groups is 1. The van der Waals surface area contributed by atoms with Crippen molar-refractivity contribution < 1.29 is 19.0 Å². The molecule has 4 aromatic rings. The van der Waals surface area contributed by atoms with Crippen LogP contribution in [-0.2, 0) is 22.4 Å². The number of aromatic nitrogens is 4. The lowest BCUT2D eigenvalue weighted by Crippen LogP contribution is -2.41. The Labute approximate surface area is 224 Å². The number of hydrogen-bond donors (Lipinski definition) is 1. The van der Waals surface area contributed by atoms with E-state index in [0.29, 0.717) is 64.4 Å². The first-order valence-corrected chi connectivity index (χ1v) is 12.9. The van der Waals surface area contributed by atoms with E-state index >= 15 is 4.39 Å². The molecule has 9 nitrogen and oxygen atoms in total. The second kappa shape index (κ2) is 10.8. The zero-order valence-corrected chi connectivity index (χ0v) is 21.7. The lowest BCUT2D eigenvalue weighted by Gasteiger charge is -2.36. The van der Waals surface area contributed by atoms with E-state index in [1.807, 2.05) is 6.92 Å². The molecule has 200 valence electrons. The molecule has 1 N–H and O–H groups in total. The molecule has 0 unspecified atom stereocenters. The number of ether oxygens (including phenoxy) is 1. The minimum absolute atomic E-state index is 0.0701. The van der Waals surface area contributed by atoms with Crippen molar-refractivity contribution in [3.8, 4) is 17.2 Å². The molecule has 2 aromatic carbocycles. The SMILES string of the molecule is CCCc1c(Cc2ccc(-c3ccccc3C#N)cc2F)c(=O)n([C@H]2C[C@@H](OCC(=O)O)C2)c2nc(C)nn12. The Kier molecular flexibility index (Phi) is 7.26. The van der Waals surface area contributed by atoms with E-state index in [9.17, 15) is 14.9 Å². The van der Waals surface area contributed by atoms with Crippen molar-refractivity contribution in [2.45, 2.75) is 58.1 Å². The molecule has 0 spiro atoms. The predicted molar refractivity (Wildman–Crippen MR) is 141 cm³/mol. The van der Waals surface area contributed by atoms with E-state index in [4.69, 9.17) is 9.84 Å². The summed E-state index contributed by atoms with van der Waals surface area (Å²) in [6.07, 6.45) is 2.08. The van der Waals surface area contributed by atoms with Gasteiger partial charge in [-0.05, 0) is 55.0 Å². The van der Waals surface area contributed by atoms with Gasteiger partial charge in [-0.2, -0.15) is 15.3 Å². The minimum atomic E-state index is -1.04. The fourth-order valence-electron chi connectivity index (χ4n) is 5.18. The number of benzene rings is 2. The number of carboxylic acids is 1. The standard InChI is InChI=1S/C29H28FN5O4/c1-3-6-26-24(11-19-10-9-18(12-25(19)30)23-8-5-4-7-20(23)15-31)28(38)34(29-32-17(2)33-35(26)29)21-13-22(14-21)39-16-27(36)37/h4-5,7-10,12,21-22H,3,6,11,13-14,16H2,1-2H3,(H,36,37)/t21-,22+. The van der Waals surface area contributed by atoms with Crippen molar-refractivity contribution in [3.63, 3.8) is 0 Å². The van der Waals surface area contributed by atoms with Crippen LogP contribution in [0.25, 0.3) is 16.9 Å². The van der Waals surface area contributed by atoms with Crippen LogP contribution in [0, 0.1) is 24.1 Å². The summed E-state index contributed by atoms with van der Waals surface area (Å²) in [5.74, 6) is -0.562. The smallest absolute Gasteiger partial charge is 0.329 e. The highest BCUT2D eigenvalue weighted by molar-refractivity contribution is 5.70. The molecule has 0 atom stereocenters. The van der Waals surface area contributed by atoms with Gasteiger partial charge in [-0.15, -0.1) is 0 Å². The minimum Gasteiger partial charge on any atom is -0.480 e. The van der Waals surface area contributed by atoms with E-state index in [-0.39, 0.29) is 30.7 Å². The van der Waals surface area contributed by atoms with Gasteiger partial charge in [0.2, 0.25) is 5.78 Å². The molecule has 0 radical (unpaired) electrons. The third kappa shape index (κ3) is 5.05. The zero-order valence-electron chi connectivity index (χ0n) is 21.7. The van der Waals surface area contributed by atoms with E-state index < -0.39 is 11.8 Å². The third-order valence-corrected chi connectivity index (χ3v) is 7.14. The molecule has 1 fully saturated rings. The van der Waals surface area contributed by atoms with Crippen LogP contribution < -0.4 is 5.56 Å². The lowest BCUT2D eigenvalue weighted by molar-refractivity contribution is -0.147. The first-order chi connectivity index (χ1) is 18.8. The normalized spacial score (nSPS) is 16.7. The summed E-state index contributed by atoms with van der Waals surface area (Å²) in [6, 6.07) is 13.8. The van der Waals surface area contributed by atoms with Gasteiger partial charge in [0.15, 0.2) is 0 Å². The summed E-state index contributed by atoms with van der Waals surface area (Å²) in [4.78, 5) is 29.4. The molecular weight excluding hydrogens is 501 g/mol. The second-order valence-corrected chi connectivity index (χ2v) is 9.81. The Morgan fingerprint density at radius 3 is 2.72 bits per heavy atom. The molecule has 0 bridgehead atoms. The molecule has 0 aliphatic heterocycles. The Bertz CT molecular complexity index is 1660. The van der Waals surface area contributed by atoms with Crippen LogP contribution in [0.1, 0.15) is 60.4 Å². The highest BCUT2D eigenvalue weighted by atomic mass is 19.1. The van der Waals surface area contributed by atoms with Gasteiger partial charge < -0.3 is 9.84 Å². The number of aliphatic carboxylic acids is 1. The molecule has 2 heterocycles. The van der Waals surface area contributed by atoms with Gasteiger partial charge in [0.1, 0.15) is 18.2 Å². The van der Waals surface area contributed by atoms with Crippen LogP contribution in [0.15, 0.2) is 47.3 Å². The number of aryl methyl sites for hydroxylation is 2. The summed E-state index contributed by atoms with van der Waals surface area (Å²) < 4.78 is 24.2. The summed E-state index contributed by atoms with van der Waals surface area (Å²) in [5.41, 5.74) is 2.95. The molecular formula is C29H28FN5O4. The maximum atomic E-state index is 15.5. The predicted octanol–water partition coefficient (Wildman–Crippen LogP) is 4.23. The summed E-state index contributed by atoms with van der Waals surface area (Å²) >= 11 is 0. The van der Waals surface area contributed by atoms with Crippen LogP contribution in [0.4, 0.5) is 4.39 Å². The zero-order chi connectivity index (χ0) is 27.7. The molecule has 5 rings (SSSR count). The van der Waals surface area contributed by atoms with Gasteiger partial charge in [-0.25, -0.2) is 13.7 Å². The number of nitriles is 1. The van der Waals surface area contributed by atoms with Gasteiger partial charge in [0.25, 0.3) is 5.56 Å². The van der Waals surface area contributed by atoms with Crippen molar-refractivity contribution in [3.05, 3.63) is 86.8 Å². The monoisotopic (exact) mass is 529 g/mol. The van der Waals surface area contributed by atoms with Crippen molar-refractivity contribution in [1.82, 2.24) is 19.2 Å². The number of nitrogens with zero attached hydrogens (tertiary/aromatic N) is 5. The van der Waals surface area contributed by atoms with Crippen LogP contribution in [0.2, 0.25) is 0 Å². The third-order valence-electron chi connectivity index (χ3n) is 7.14. The molecule has 39 heavy (non-hydrogen) atoms. The first-order valence-electron chi connectivity index (χ1n) is 12.9. The number of rotatable bonds is 9. The van der Waals surface area contributed by atoms with E-state index in [2.05, 4.69) is 16.2 Å². The Morgan fingerprint density at radius 1 is 1.26 bits per heavy atom. The first kappa shape index (κ1) is 26.3. The summed E-state index contributed by atoms with van der Waals surface area (Å²) in [6.45, 7) is 3.37. The van der Waals surface area contributed by atoms with Gasteiger partial charge >= 0.3 is 5.97 Å². The van der Waals surface area contributed by atoms with Gasteiger partial charge in [-0.1, -0.05) is 43.7 Å². The maximum Gasteiger partial charge on any atom is 0.329 e. The van der Waals surface area contributed by atoms with Crippen LogP contribution in [0.5, 0.6) is 0 Å². The maximum absolute atomic E-state index is 15.5. The topological polar surface area (TPSA) is 123 Å². The average molecular weight is 530 g/mol. The molecule has 10 heteroatoms. The van der Waals surface area contributed by atoms with Crippen molar-refractivity contribution in [2.75, 3.05) is 6.61 Å². The molecule has 0 saturated heterocycles. The number of fused-ring (bicyclic) bond motifs is 1. The van der Waals surface area contributed by atoms with E-state index in [1.54, 1.807) is 52.4 Å². The number of halogens is 1. The lowest BCUT2D eigenvalue weighted by atomic mass is 9.88. The Morgan fingerprint density at radius 2 is 2.03 bits per heavy atom. The van der Waals surface area contributed by atoms with E-state index in [0.717, 1.165) is 6.42 Å². The molecule has 1 saturated carbocycles. The quantitative estimate of drug-likeness (QED) is 0.344. The van der Waals surface area contributed by atoms with Gasteiger partial charge in [-0.3, -0.25) is 9.36 Å². The Balaban J connectivity index is 1.55. The van der Waals surface area contributed by atoms with Crippen molar-refractivity contribution in [2.24, 2.45) is 0 Å². The number of carboxylic acid groups (broad SMARTS) is 1. The van der Waals surface area contributed by atoms with Crippen molar-refractivity contribution >= 4 is 11.7 Å². The van der Waals surface area contributed by atoms with Crippen molar-refractivity contribution in [1.29, 1.82) is 5.26 Å². The molecule has 2 aromatic heterocycles. The molecule has 0 amide bonds. The van der Waals surface area contributed by atoms with Gasteiger partial charge in [0, 0.05) is 18.0 Å². The van der Waals surface area contributed by atoms with E-state index in [1.165, 1.54) is 6.07 Å².